The first-order valence-corrected chi connectivity index (χ1v) is 18.3. The lowest BCUT2D eigenvalue weighted by Crippen LogP contribution is -1.95. The standard InChI is InChI=1S/C56H32O/c1-2-8-33(9-3-1)54-47(40-24-29-51-48(30-40)44-14-4-5-15-50(44)57-51)31-41(42-25-20-38-18-16-34-10-6-12-36-22-27-45(42)55(38)52(34)36)32-49(54)43-26-21-39-19-17-35-11-7-13-37-23-28-46(43)56(39)53(35)37/h1-32H/i6D,7D,10D,11D,12D,13D,16D,17D,18D,19D,20D,21D,22D,23D,25D,26D,27D,28D. The average molecular weight is 739 g/mol. The number of benzene rings is 12. The van der Waals surface area contributed by atoms with Crippen LogP contribution in [0.15, 0.2) is 198 Å². The van der Waals surface area contributed by atoms with Crippen molar-refractivity contribution in [2.24, 2.45) is 0 Å². The molecule has 1 nitrogen and oxygen atoms in total. The molecular formula is C56H32O. The van der Waals surface area contributed by atoms with E-state index in [1.807, 2.05) is 42.5 Å². The molecule has 13 rings (SSSR count). The number of furan rings is 1. The molecule has 0 aliphatic rings. The zero-order chi connectivity index (χ0) is 52.9. The molecule has 0 bridgehead atoms. The molecule has 1 aromatic heterocycles. The molecule has 12 aromatic carbocycles. The Morgan fingerprint density at radius 3 is 1.53 bits per heavy atom. The lowest BCUT2D eigenvalue weighted by molar-refractivity contribution is 0.669. The summed E-state index contributed by atoms with van der Waals surface area (Å²) < 4.78 is 174. The van der Waals surface area contributed by atoms with Gasteiger partial charge in [0.15, 0.2) is 0 Å². The Labute approximate surface area is 353 Å². The van der Waals surface area contributed by atoms with Crippen LogP contribution in [-0.2, 0) is 0 Å². The van der Waals surface area contributed by atoms with E-state index in [1.54, 1.807) is 42.5 Å². The van der Waals surface area contributed by atoms with Gasteiger partial charge < -0.3 is 4.42 Å². The third-order valence-corrected chi connectivity index (χ3v) is 11.1. The van der Waals surface area contributed by atoms with Gasteiger partial charge in [-0.3, -0.25) is 0 Å². The molecule has 0 unspecified atom stereocenters. The number of rotatable bonds is 4. The van der Waals surface area contributed by atoms with Crippen molar-refractivity contribution in [3.05, 3.63) is 194 Å². The summed E-state index contributed by atoms with van der Waals surface area (Å²) in [4.78, 5) is 0. The van der Waals surface area contributed by atoms with Crippen LogP contribution >= 0.6 is 0 Å². The molecule has 0 aliphatic heterocycles. The van der Waals surface area contributed by atoms with Gasteiger partial charge in [-0.1, -0.05) is 163 Å². The Balaban J connectivity index is 1.30. The summed E-state index contributed by atoms with van der Waals surface area (Å²) in [5.74, 6) is 0. The summed E-state index contributed by atoms with van der Waals surface area (Å²) in [6.45, 7) is 0. The maximum atomic E-state index is 10.0. The maximum Gasteiger partial charge on any atom is 0.135 e. The van der Waals surface area contributed by atoms with Gasteiger partial charge in [-0.2, -0.15) is 0 Å². The quantitative estimate of drug-likeness (QED) is 0.164. The van der Waals surface area contributed by atoms with Crippen molar-refractivity contribution in [2.75, 3.05) is 0 Å². The fourth-order valence-electron chi connectivity index (χ4n) is 8.56. The van der Waals surface area contributed by atoms with Crippen LogP contribution < -0.4 is 0 Å². The van der Waals surface area contributed by atoms with E-state index in [2.05, 4.69) is 0 Å². The second-order valence-corrected chi connectivity index (χ2v) is 14.1. The topological polar surface area (TPSA) is 13.1 Å². The predicted octanol–water partition coefficient (Wildman–Crippen LogP) is 16.0. The molecule has 57 heavy (non-hydrogen) atoms. The fourth-order valence-corrected chi connectivity index (χ4v) is 8.56. The van der Waals surface area contributed by atoms with E-state index in [1.165, 1.54) is 0 Å². The number of hydrogen-bond acceptors (Lipinski definition) is 1. The third kappa shape index (κ3) is 4.40. The third-order valence-electron chi connectivity index (χ3n) is 11.1. The van der Waals surface area contributed by atoms with Crippen LogP contribution in [-0.4, -0.2) is 0 Å². The van der Waals surface area contributed by atoms with E-state index in [0.29, 0.717) is 38.8 Å². The molecule has 0 amide bonds. The number of para-hydroxylation sites is 1. The van der Waals surface area contributed by atoms with E-state index in [4.69, 9.17) is 15.4 Å². The Kier molecular flexibility index (Phi) is 3.73. The van der Waals surface area contributed by atoms with Gasteiger partial charge in [0.05, 0.1) is 24.7 Å². The van der Waals surface area contributed by atoms with Crippen molar-refractivity contribution < 1.29 is 29.1 Å². The van der Waals surface area contributed by atoms with Crippen LogP contribution in [0.3, 0.4) is 0 Å². The summed E-state index contributed by atoms with van der Waals surface area (Å²) >= 11 is 0. The van der Waals surface area contributed by atoms with Crippen LogP contribution in [0.5, 0.6) is 0 Å². The van der Waals surface area contributed by atoms with Crippen LogP contribution in [0.4, 0.5) is 0 Å². The van der Waals surface area contributed by atoms with E-state index >= 15 is 0 Å². The van der Waals surface area contributed by atoms with Crippen molar-refractivity contribution in [2.45, 2.75) is 0 Å². The highest BCUT2D eigenvalue weighted by Crippen LogP contribution is 2.49. The van der Waals surface area contributed by atoms with Gasteiger partial charge in [-0.25, -0.2) is 0 Å². The Morgan fingerprint density at radius 2 is 0.842 bits per heavy atom. The first kappa shape index (κ1) is 18.4. The van der Waals surface area contributed by atoms with Gasteiger partial charge in [0.1, 0.15) is 11.2 Å². The van der Waals surface area contributed by atoms with Gasteiger partial charge >= 0.3 is 0 Å². The van der Waals surface area contributed by atoms with Crippen LogP contribution in [0.2, 0.25) is 0 Å². The number of hydrogen-bond donors (Lipinski definition) is 0. The van der Waals surface area contributed by atoms with Gasteiger partial charge in [-0.15, -0.1) is 0 Å². The van der Waals surface area contributed by atoms with Crippen molar-refractivity contribution >= 4 is 86.6 Å². The van der Waals surface area contributed by atoms with Crippen LogP contribution in [0.1, 0.15) is 24.7 Å². The molecule has 1 heterocycles. The average Bonchev–Trinajstić information content (AvgIpc) is 3.88. The second kappa shape index (κ2) is 11.5. The minimum Gasteiger partial charge on any atom is -0.456 e. The second-order valence-electron chi connectivity index (χ2n) is 14.1. The molecule has 0 atom stereocenters. The van der Waals surface area contributed by atoms with Crippen molar-refractivity contribution in [1.82, 2.24) is 0 Å². The fraction of sp³-hybridized carbons (Fsp3) is 0. The van der Waals surface area contributed by atoms with Gasteiger partial charge in [0.25, 0.3) is 0 Å². The molecule has 0 saturated carbocycles. The van der Waals surface area contributed by atoms with Crippen LogP contribution in [0.25, 0.3) is 131 Å². The first-order chi connectivity index (χ1) is 35.8. The summed E-state index contributed by atoms with van der Waals surface area (Å²) in [6.07, 6.45) is 0. The van der Waals surface area contributed by atoms with E-state index < -0.39 is 109 Å². The minimum absolute atomic E-state index is 0.0356. The summed E-state index contributed by atoms with van der Waals surface area (Å²) in [5.41, 5.74) is 3.05. The van der Waals surface area contributed by atoms with E-state index in [9.17, 15) is 13.7 Å². The van der Waals surface area contributed by atoms with Crippen molar-refractivity contribution in [1.29, 1.82) is 0 Å². The predicted molar refractivity (Wildman–Crippen MR) is 243 cm³/mol. The highest BCUT2D eigenvalue weighted by atomic mass is 16.3. The van der Waals surface area contributed by atoms with Gasteiger partial charge in [-0.05, 0) is 139 Å². The zero-order valence-corrected chi connectivity index (χ0v) is 29.5. The van der Waals surface area contributed by atoms with Gasteiger partial charge in [0, 0.05) is 10.8 Å². The maximum absolute atomic E-state index is 10.0. The molecule has 0 N–H and O–H groups in total. The Bertz CT molecular complexity index is 4750. The van der Waals surface area contributed by atoms with E-state index in [0.717, 1.165) is 5.39 Å². The molecule has 262 valence electrons. The lowest BCUT2D eigenvalue weighted by atomic mass is 9.81. The first-order valence-electron chi connectivity index (χ1n) is 27.3. The smallest absolute Gasteiger partial charge is 0.135 e. The largest absolute Gasteiger partial charge is 0.456 e. The summed E-state index contributed by atoms with van der Waals surface area (Å²) in [5, 5.41) is -0.356. The van der Waals surface area contributed by atoms with Crippen molar-refractivity contribution in [3.63, 3.8) is 0 Å². The number of fused-ring (bicyclic) bond motifs is 3. The van der Waals surface area contributed by atoms with Gasteiger partial charge in [0.2, 0.25) is 0 Å². The highest BCUT2D eigenvalue weighted by molar-refractivity contribution is 6.27. The van der Waals surface area contributed by atoms with Crippen molar-refractivity contribution in [3.8, 4) is 44.5 Å². The molecule has 0 radical (unpaired) electrons. The highest BCUT2D eigenvalue weighted by Gasteiger charge is 2.22. The molecular weight excluding hydrogens is 689 g/mol. The Hall–Kier alpha value is -7.48. The monoisotopic (exact) mass is 738 g/mol. The molecule has 1 heteroatoms. The molecule has 0 spiro atoms. The zero-order valence-electron chi connectivity index (χ0n) is 47.5. The van der Waals surface area contributed by atoms with E-state index in [-0.39, 0.29) is 86.9 Å². The summed E-state index contributed by atoms with van der Waals surface area (Å²) in [6, 6.07) is 15.2. The van der Waals surface area contributed by atoms with Crippen LogP contribution in [0, 0.1) is 0 Å². The molecule has 0 aliphatic carbocycles. The lowest BCUT2D eigenvalue weighted by Gasteiger charge is -2.22. The summed E-state index contributed by atoms with van der Waals surface area (Å²) in [7, 11) is 0. The Morgan fingerprint density at radius 1 is 0.316 bits per heavy atom. The minimum atomic E-state index is -0.618. The normalized spacial score (nSPS) is 16.6. The molecule has 0 saturated heterocycles. The molecule has 0 fully saturated rings. The SMILES string of the molecule is [2H]c1c([2H])c2c([2H])c([2H])c3c([2H])c([2H])c(-c4cc(-c5ccc6oc7ccccc7c6c5)c(-c5ccccc5)c(-c5c([2H])c([2H])c6c([2H])c([2H])c7c([2H])c([2H])c([2H])c8c([2H])c([2H])c5c6c78)c4)c4c([2H])c([2H])c(c1[2H])c2c34. The molecule has 13 aromatic rings.